The van der Waals surface area contributed by atoms with Gasteiger partial charge in [0.25, 0.3) is 5.91 Å². The van der Waals surface area contributed by atoms with E-state index in [4.69, 9.17) is 4.74 Å². The van der Waals surface area contributed by atoms with Gasteiger partial charge < -0.3 is 15.2 Å². The quantitative estimate of drug-likeness (QED) is 0.401. The van der Waals surface area contributed by atoms with Crippen molar-refractivity contribution < 1.29 is 29.0 Å². The van der Waals surface area contributed by atoms with Crippen LogP contribution in [-0.2, 0) is 14.4 Å². The van der Waals surface area contributed by atoms with E-state index in [1.54, 1.807) is 38.1 Å². The van der Waals surface area contributed by atoms with Gasteiger partial charge in [-0.1, -0.05) is 12.2 Å². The first-order chi connectivity index (χ1) is 14.7. The van der Waals surface area contributed by atoms with E-state index in [1.165, 1.54) is 4.90 Å². The number of carbonyl (C=O) groups is 4. The number of hydrogen-bond acceptors (Lipinski definition) is 6. The lowest BCUT2D eigenvalue weighted by Gasteiger charge is -2.20. The molecule has 4 rings (SSSR count). The number of β-amino-alcohol motifs (C(OH)–C–C–N with tert-alkyl or cyclic N) is 1. The summed E-state index contributed by atoms with van der Waals surface area (Å²) in [4.78, 5) is 51.6. The lowest BCUT2D eigenvalue weighted by atomic mass is 9.85. The fraction of sp³-hybridized carbons (Fsp3) is 0.455. The minimum atomic E-state index is -1.07. The summed E-state index contributed by atoms with van der Waals surface area (Å²) in [6.45, 7) is 2.88. The number of aliphatic hydroxyl groups excluding tert-OH is 1. The molecule has 3 unspecified atom stereocenters. The second-order valence-electron chi connectivity index (χ2n) is 8.60. The molecule has 2 N–H and O–H groups in total. The smallest absolute Gasteiger partial charge is 0.325 e. The van der Waals surface area contributed by atoms with Crippen LogP contribution >= 0.6 is 0 Å². The normalized spacial score (nSPS) is 25.6. The van der Waals surface area contributed by atoms with Crippen LogP contribution in [-0.4, -0.2) is 58.6 Å². The summed E-state index contributed by atoms with van der Waals surface area (Å²) in [5, 5.41) is 12.7. The standard InChI is InChI=1S/C22H25N3O6/c1-22(2)20(29)24(21(30)23-22)11-14(26)12-31-15-9-7-13(8-10-15)25-18(27)16-5-3-4-6-17(16)19(25)28/h3-4,7-10,14,16-17,26H,5-6,11-12H2,1-2H3,(H,23,30). The molecule has 9 nitrogen and oxygen atoms in total. The Bertz CT molecular complexity index is 928. The predicted octanol–water partition coefficient (Wildman–Crippen LogP) is 1.21. The van der Waals surface area contributed by atoms with Crippen molar-refractivity contribution in [1.29, 1.82) is 0 Å². The first-order valence-electron chi connectivity index (χ1n) is 10.3. The van der Waals surface area contributed by atoms with Gasteiger partial charge in [-0.2, -0.15) is 0 Å². The maximum absolute atomic E-state index is 12.7. The maximum atomic E-state index is 12.7. The molecular formula is C22H25N3O6. The topological polar surface area (TPSA) is 116 Å². The molecule has 3 aliphatic rings. The van der Waals surface area contributed by atoms with Crippen molar-refractivity contribution in [3.05, 3.63) is 36.4 Å². The molecule has 0 radical (unpaired) electrons. The van der Waals surface area contributed by atoms with Crippen LogP contribution in [0, 0.1) is 11.8 Å². The van der Waals surface area contributed by atoms with Crippen molar-refractivity contribution in [2.24, 2.45) is 11.8 Å². The summed E-state index contributed by atoms with van der Waals surface area (Å²) in [5.74, 6) is -0.923. The van der Waals surface area contributed by atoms with Crippen molar-refractivity contribution in [2.45, 2.75) is 38.3 Å². The average molecular weight is 427 g/mol. The van der Waals surface area contributed by atoms with E-state index in [0.717, 1.165) is 4.90 Å². The number of imide groups is 2. The highest BCUT2D eigenvalue weighted by molar-refractivity contribution is 6.22. The Morgan fingerprint density at radius 2 is 1.65 bits per heavy atom. The van der Waals surface area contributed by atoms with Gasteiger partial charge in [0.2, 0.25) is 11.8 Å². The van der Waals surface area contributed by atoms with E-state index in [1.807, 2.05) is 12.2 Å². The molecule has 0 spiro atoms. The van der Waals surface area contributed by atoms with E-state index in [9.17, 15) is 24.3 Å². The Labute approximate surface area is 179 Å². The number of ether oxygens (including phenoxy) is 1. The Hall–Kier alpha value is -3.20. The molecule has 1 aromatic rings. The second kappa shape index (κ2) is 7.81. The third kappa shape index (κ3) is 3.81. The number of nitrogens with one attached hydrogen (secondary N) is 1. The van der Waals surface area contributed by atoms with Gasteiger partial charge in [0.05, 0.1) is 24.1 Å². The van der Waals surface area contributed by atoms with Crippen LogP contribution in [0.1, 0.15) is 26.7 Å². The highest BCUT2D eigenvalue weighted by Gasteiger charge is 2.48. The zero-order valence-corrected chi connectivity index (χ0v) is 17.4. The number of nitrogens with zero attached hydrogens (tertiary/aromatic N) is 2. The van der Waals surface area contributed by atoms with Crippen LogP contribution in [0.3, 0.4) is 0 Å². The summed E-state index contributed by atoms with van der Waals surface area (Å²) in [6, 6.07) is 5.93. The fourth-order valence-corrected chi connectivity index (χ4v) is 4.19. The predicted molar refractivity (Wildman–Crippen MR) is 110 cm³/mol. The number of rotatable bonds is 6. The molecule has 3 atom stereocenters. The summed E-state index contributed by atoms with van der Waals surface area (Å²) >= 11 is 0. The molecule has 1 aliphatic carbocycles. The van der Waals surface area contributed by atoms with Gasteiger partial charge in [-0.15, -0.1) is 0 Å². The van der Waals surface area contributed by atoms with Crippen LogP contribution in [0.4, 0.5) is 10.5 Å². The minimum absolute atomic E-state index is 0.131. The molecule has 0 saturated carbocycles. The highest BCUT2D eigenvalue weighted by Crippen LogP contribution is 2.37. The van der Waals surface area contributed by atoms with Crippen molar-refractivity contribution >= 4 is 29.4 Å². The number of fused-ring (bicyclic) bond motifs is 1. The molecular weight excluding hydrogens is 402 g/mol. The number of allylic oxidation sites excluding steroid dienone is 2. The van der Waals surface area contributed by atoms with Gasteiger partial charge in [0.15, 0.2) is 0 Å². The summed E-state index contributed by atoms with van der Waals surface area (Å²) in [6.07, 6.45) is 3.98. The lowest BCUT2D eigenvalue weighted by molar-refractivity contribution is -0.131. The molecule has 9 heteroatoms. The van der Waals surface area contributed by atoms with Crippen LogP contribution in [0.25, 0.3) is 0 Å². The van der Waals surface area contributed by atoms with E-state index in [0.29, 0.717) is 24.3 Å². The van der Waals surface area contributed by atoms with Gasteiger partial charge in [0, 0.05) is 0 Å². The zero-order chi connectivity index (χ0) is 22.3. The SMILES string of the molecule is CC1(C)NC(=O)N(CC(O)COc2ccc(N3C(=O)C4CC=CCC4C3=O)cc2)C1=O. The number of aliphatic hydroxyl groups is 1. The summed E-state index contributed by atoms with van der Waals surface area (Å²) in [7, 11) is 0. The molecule has 2 heterocycles. The fourth-order valence-electron chi connectivity index (χ4n) is 4.19. The van der Waals surface area contributed by atoms with Crippen LogP contribution in [0.15, 0.2) is 36.4 Å². The third-order valence-electron chi connectivity index (χ3n) is 5.88. The largest absolute Gasteiger partial charge is 0.491 e. The maximum Gasteiger partial charge on any atom is 0.325 e. The van der Waals surface area contributed by atoms with E-state index >= 15 is 0 Å². The minimum Gasteiger partial charge on any atom is -0.491 e. The number of carbonyl (C=O) groups excluding carboxylic acids is 4. The molecule has 2 fully saturated rings. The van der Waals surface area contributed by atoms with E-state index < -0.39 is 23.6 Å². The monoisotopic (exact) mass is 427 g/mol. The van der Waals surface area contributed by atoms with E-state index in [2.05, 4.69) is 5.32 Å². The van der Waals surface area contributed by atoms with Crippen molar-refractivity contribution in [3.8, 4) is 5.75 Å². The molecule has 2 aliphatic heterocycles. The van der Waals surface area contributed by atoms with Gasteiger partial charge in [0.1, 0.15) is 24.0 Å². The highest BCUT2D eigenvalue weighted by atomic mass is 16.5. The molecule has 5 amide bonds. The van der Waals surface area contributed by atoms with Gasteiger partial charge >= 0.3 is 6.03 Å². The first-order valence-corrected chi connectivity index (χ1v) is 10.3. The number of amides is 5. The van der Waals surface area contributed by atoms with E-state index in [-0.39, 0.29) is 36.8 Å². The number of urea groups is 1. The van der Waals surface area contributed by atoms with Crippen molar-refractivity contribution in [1.82, 2.24) is 10.2 Å². The summed E-state index contributed by atoms with van der Waals surface area (Å²) in [5.41, 5.74) is -0.509. The van der Waals surface area contributed by atoms with Gasteiger partial charge in [-0.05, 0) is 51.0 Å². The molecule has 31 heavy (non-hydrogen) atoms. The number of benzene rings is 1. The molecule has 0 aromatic heterocycles. The Morgan fingerprint density at radius 1 is 1.06 bits per heavy atom. The van der Waals surface area contributed by atoms with Crippen LogP contribution < -0.4 is 15.0 Å². The van der Waals surface area contributed by atoms with Crippen molar-refractivity contribution in [2.75, 3.05) is 18.1 Å². The third-order valence-corrected chi connectivity index (χ3v) is 5.88. The van der Waals surface area contributed by atoms with Gasteiger partial charge in [-0.25, -0.2) is 4.79 Å². The number of anilines is 1. The van der Waals surface area contributed by atoms with Crippen LogP contribution in [0.2, 0.25) is 0 Å². The van der Waals surface area contributed by atoms with Crippen LogP contribution in [0.5, 0.6) is 5.75 Å². The Morgan fingerprint density at radius 3 is 2.16 bits per heavy atom. The van der Waals surface area contributed by atoms with Gasteiger partial charge in [-0.3, -0.25) is 24.2 Å². The zero-order valence-electron chi connectivity index (χ0n) is 17.4. The number of hydrogen-bond donors (Lipinski definition) is 2. The second-order valence-corrected chi connectivity index (χ2v) is 8.60. The average Bonchev–Trinajstić information content (AvgIpc) is 3.11. The summed E-state index contributed by atoms with van der Waals surface area (Å²) < 4.78 is 5.55. The first kappa shape index (κ1) is 21.0. The molecule has 2 saturated heterocycles. The Balaban J connectivity index is 1.34. The Kier molecular flexibility index (Phi) is 5.30. The molecule has 1 aromatic carbocycles. The molecule has 164 valence electrons. The lowest BCUT2D eigenvalue weighted by Crippen LogP contribution is -2.42. The molecule has 0 bridgehead atoms. The van der Waals surface area contributed by atoms with Crippen molar-refractivity contribution in [3.63, 3.8) is 0 Å².